The lowest BCUT2D eigenvalue weighted by molar-refractivity contribution is -0.146. The smallest absolute Gasteiger partial charge is 0.310 e. The van der Waals surface area contributed by atoms with Crippen LogP contribution < -0.4 is 0 Å². The van der Waals surface area contributed by atoms with Gasteiger partial charge in [-0.05, 0) is 5.92 Å². The summed E-state index contributed by atoms with van der Waals surface area (Å²) in [6, 6.07) is 0. The molecule has 0 aromatic carbocycles. The molecular weight excluding hydrogens is 170 g/mol. The van der Waals surface area contributed by atoms with Crippen molar-refractivity contribution in [3.63, 3.8) is 0 Å². The Labute approximate surface area is 77.8 Å². The summed E-state index contributed by atoms with van der Waals surface area (Å²) >= 11 is 0. The Morgan fingerprint density at radius 1 is 1.38 bits per heavy atom. The second-order valence-corrected chi connectivity index (χ2v) is 3.53. The number of carbonyl (C=O) groups is 2. The molecule has 0 N–H and O–H groups in total. The first-order chi connectivity index (χ1) is 6.06. The Balaban J connectivity index is 2.61. The zero-order valence-electron chi connectivity index (χ0n) is 8.24. The molecule has 0 aromatic rings. The van der Waals surface area contributed by atoms with Gasteiger partial charge in [-0.15, -0.1) is 0 Å². The molecule has 1 aliphatic heterocycles. The van der Waals surface area contributed by atoms with Crippen LogP contribution in [0, 0.1) is 11.8 Å². The van der Waals surface area contributed by atoms with Crippen LogP contribution in [-0.4, -0.2) is 37.0 Å². The van der Waals surface area contributed by atoms with Crippen LogP contribution >= 0.6 is 0 Å². The number of amides is 1. The third-order valence-corrected chi connectivity index (χ3v) is 2.56. The van der Waals surface area contributed by atoms with Crippen LogP contribution in [-0.2, 0) is 14.3 Å². The average molecular weight is 185 g/mol. The number of ether oxygens (including phenoxy) is 1. The summed E-state index contributed by atoms with van der Waals surface area (Å²) < 4.78 is 4.66. The second-order valence-electron chi connectivity index (χ2n) is 3.53. The van der Waals surface area contributed by atoms with Gasteiger partial charge in [-0.3, -0.25) is 9.59 Å². The maximum Gasteiger partial charge on any atom is 0.310 e. The summed E-state index contributed by atoms with van der Waals surface area (Å²) in [6.45, 7) is 4.65. The Bertz CT molecular complexity index is 227. The molecule has 1 heterocycles. The van der Waals surface area contributed by atoms with Crippen molar-refractivity contribution in [2.24, 2.45) is 11.8 Å². The molecule has 0 saturated carbocycles. The zero-order valence-corrected chi connectivity index (χ0v) is 8.24. The van der Waals surface area contributed by atoms with E-state index in [4.69, 9.17) is 0 Å². The standard InChI is InChI=1S/C9H15NO3/c1-6-4-10(7(2)11)5-8(6)9(12)13-3/h6,8H,4-5H2,1-3H3. The van der Waals surface area contributed by atoms with Crippen molar-refractivity contribution in [2.75, 3.05) is 20.2 Å². The highest BCUT2D eigenvalue weighted by molar-refractivity contribution is 5.77. The normalized spacial score (nSPS) is 27.5. The maximum absolute atomic E-state index is 11.2. The first-order valence-corrected chi connectivity index (χ1v) is 4.39. The van der Waals surface area contributed by atoms with Gasteiger partial charge in [-0.25, -0.2) is 0 Å². The number of nitrogens with zero attached hydrogens (tertiary/aromatic N) is 1. The minimum atomic E-state index is -0.212. The Morgan fingerprint density at radius 3 is 2.38 bits per heavy atom. The van der Waals surface area contributed by atoms with Crippen LogP contribution in [0.1, 0.15) is 13.8 Å². The predicted octanol–water partition coefficient (Wildman–Crippen LogP) is 0.274. The SMILES string of the molecule is COC(=O)C1CN(C(C)=O)CC1C. The van der Waals surface area contributed by atoms with Gasteiger partial charge < -0.3 is 9.64 Å². The lowest BCUT2D eigenvalue weighted by Gasteiger charge is -2.12. The van der Waals surface area contributed by atoms with Crippen molar-refractivity contribution in [1.29, 1.82) is 0 Å². The molecule has 2 unspecified atom stereocenters. The number of esters is 1. The van der Waals surface area contributed by atoms with E-state index in [1.165, 1.54) is 14.0 Å². The third kappa shape index (κ3) is 1.99. The fourth-order valence-corrected chi connectivity index (χ4v) is 1.68. The van der Waals surface area contributed by atoms with Crippen molar-refractivity contribution in [3.8, 4) is 0 Å². The van der Waals surface area contributed by atoms with E-state index in [9.17, 15) is 9.59 Å². The summed E-state index contributed by atoms with van der Waals surface area (Å²) in [7, 11) is 1.38. The lowest BCUT2D eigenvalue weighted by Crippen LogP contribution is -2.27. The molecule has 0 bridgehead atoms. The number of hydrogen-bond acceptors (Lipinski definition) is 3. The van der Waals surface area contributed by atoms with Gasteiger partial charge in [0.25, 0.3) is 0 Å². The largest absolute Gasteiger partial charge is 0.469 e. The van der Waals surface area contributed by atoms with Crippen LogP contribution in [0.3, 0.4) is 0 Å². The van der Waals surface area contributed by atoms with Gasteiger partial charge in [0, 0.05) is 20.0 Å². The Morgan fingerprint density at radius 2 is 2.00 bits per heavy atom. The van der Waals surface area contributed by atoms with Crippen molar-refractivity contribution >= 4 is 11.9 Å². The third-order valence-electron chi connectivity index (χ3n) is 2.56. The molecule has 0 spiro atoms. The number of hydrogen-bond donors (Lipinski definition) is 0. The molecule has 1 fully saturated rings. The van der Waals surface area contributed by atoms with Crippen molar-refractivity contribution in [1.82, 2.24) is 4.90 Å². The monoisotopic (exact) mass is 185 g/mol. The molecule has 2 atom stereocenters. The van der Waals surface area contributed by atoms with E-state index in [0.717, 1.165) is 0 Å². The molecule has 4 nitrogen and oxygen atoms in total. The van der Waals surface area contributed by atoms with Gasteiger partial charge in [0.15, 0.2) is 0 Å². The van der Waals surface area contributed by atoms with Gasteiger partial charge in [0.2, 0.25) is 5.91 Å². The topological polar surface area (TPSA) is 46.6 Å². The molecule has 1 aliphatic rings. The molecule has 1 amide bonds. The van der Waals surface area contributed by atoms with Crippen LogP contribution in [0.5, 0.6) is 0 Å². The molecule has 0 radical (unpaired) electrons. The van der Waals surface area contributed by atoms with Crippen LogP contribution in [0.2, 0.25) is 0 Å². The summed E-state index contributed by atoms with van der Waals surface area (Å²) in [4.78, 5) is 23.9. The highest BCUT2D eigenvalue weighted by Gasteiger charge is 2.36. The zero-order chi connectivity index (χ0) is 10.0. The van der Waals surface area contributed by atoms with Crippen molar-refractivity contribution < 1.29 is 14.3 Å². The highest BCUT2D eigenvalue weighted by atomic mass is 16.5. The van der Waals surface area contributed by atoms with E-state index in [2.05, 4.69) is 4.74 Å². The highest BCUT2D eigenvalue weighted by Crippen LogP contribution is 2.23. The van der Waals surface area contributed by atoms with Gasteiger partial charge in [0.05, 0.1) is 13.0 Å². The van der Waals surface area contributed by atoms with Gasteiger partial charge in [-0.2, -0.15) is 0 Å². The van der Waals surface area contributed by atoms with Crippen LogP contribution in [0.15, 0.2) is 0 Å². The summed E-state index contributed by atoms with van der Waals surface area (Å²) in [5.74, 6) is -0.125. The van der Waals surface area contributed by atoms with Crippen LogP contribution in [0.4, 0.5) is 0 Å². The van der Waals surface area contributed by atoms with E-state index in [1.54, 1.807) is 4.90 Å². The predicted molar refractivity (Wildman–Crippen MR) is 46.9 cm³/mol. The van der Waals surface area contributed by atoms with Gasteiger partial charge in [0.1, 0.15) is 0 Å². The first-order valence-electron chi connectivity index (χ1n) is 4.39. The Hall–Kier alpha value is -1.06. The first kappa shape index (κ1) is 10.0. The van der Waals surface area contributed by atoms with Crippen molar-refractivity contribution in [2.45, 2.75) is 13.8 Å². The molecule has 0 aromatic heterocycles. The lowest BCUT2D eigenvalue weighted by atomic mass is 9.99. The van der Waals surface area contributed by atoms with Crippen molar-refractivity contribution in [3.05, 3.63) is 0 Å². The number of likely N-dealkylation sites (tertiary alicyclic amines) is 1. The number of rotatable bonds is 1. The fourth-order valence-electron chi connectivity index (χ4n) is 1.68. The summed E-state index contributed by atoms with van der Waals surface area (Å²) in [5, 5.41) is 0. The summed E-state index contributed by atoms with van der Waals surface area (Å²) in [6.07, 6.45) is 0. The van der Waals surface area contributed by atoms with E-state index in [0.29, 0.717) is 13.1 Å². The number of methoxy groups -OCH3 is 1. The van der Waals surface area contributed by atoms with E-state index in [-0.39, 0.29) is 23.7 Å². The van der Waals surface area contributed by atoms with E-state index in [1.807, 2.05) is 6.92 Å². The van der Waals surface area contributed by atoms with Gasteiger partial charge >= 0.3 is 5.97 Å². The molecule has 0 aliphatic carbocycles. The van der Waals surface area contributed by atoms with E-state index < -0.39 is 0 Å². The quantitative estimate of drug-likeness (QED) is 0.551. The molecule has 4 heteroatoms. The molecule has 1 saturated heterocycles. The molecule has 13 heavy (non-hydrogen) atoms. The van der Waals surface area contributed by atoms with E-state index >= 15 is 0 Å². The minimum Gasteiger partial charge on any atom is -0.469 e. The molecule has 1 rings (SSSR count). The molecule has 74 valence electrons. The average Bonchev–Trinajstić information content (AvgIpc) is 2.46. The summed E-state index contributed by atoms with van der Waals surface area (Å²) in [5.41, 5.74) is 0. The fraction of sp³-hybridized carbons (Fsp3) is 0.778. The minimum absolute atomic E-state index is 0.0262. The van der Waals surface area contributed by atoms with Crippen LogP contribution in [0.25, 0.3) is 0 Å². The maximum atomic E-state index is 11.2. The van der Waals surface area contributed by atoms with Gasteiger partial charge in [-0.1, -0.05) is 6.92 Å². The second kappa shape index (κ2) is 3.77. The Kier molecular flexibility index (Phi) is 2.90. The number of carbonyl (C=O) groups excluding carboxylic acids is 2. The molecular formula is C9H15NO3.